The van der Waals surface area contributed by atoms with E-state index in [1.807, 2.05) is 38.3 Å². The van der Waals surface area contributed by atoms with Gasteiger partial charge in [-0.25, -0.2) is 4.39 Å². The monoisotopic (exact) mass is 444 g/mol. The fourth-order valence-electron chi connectivity index (χ4n) is 4.83. The molecule has 1 unspecified atom stereocenters. The summed E-state index contributed by atoms with van der Waals surface area (Å²) in [4.78, 5) is 12.3. The molecule has 5 rings (SSSR count). The molecule has 3 aromatic rings. The predicted molar refractivity (Wildman–Crippen MR) is 130 cm³/mol. The Morgan fingerprint density at radius 1 is 1.24 bits per heavy atom. The van der Waals surface area contributed by atoms with Gasteiger partial charge in [0.2, 0.25) is 5.91 Å². The molecule has 0 saturated heterocycles. The summed E-state index contributed by atoms with van der Waals surface area (Å²) in [6, 6.07) is 13.4. The highest BCUT2D eigenvalue weighted by molar-refractivity contribution is 5.89. The van der Waals surface area contributed by atoms with Crippen molar-refractivity contribution in [2.75, 3.05) is 0 Å². The van der Waals surface area contributed by atoms with Crippen molar-refractivity contribution in [3.63, 3.8) is 0 Å². The van der Waals surface area contributed by atoms with Gasteiger partial charge in [0.1, 0.15) is 5.82 Å². The number of halogens is 1. The molecule has 0 spiro atoms. The van der Waals surface area contributed by atoms with Gasteiger partial charge >= 0.3 is 0 Å². The van der Waals surface area contributed by atoms with Gasteiger partial charge in [-0.2, -0.15) is 0 Å². The van der Waals surface area contributed by atoms with Gasteiger partial charge in [0.15, 0.2) is 0 Å². The Morgan fingerprint density at radius 3 is 2.88 bits per heavy atom. The molecule has 33 heavy (non-hydrogen) atoms. The van der Waals surface area contributed by atoms with Gasteiger partial charge in [0, 0.05) is 46.9 Å². The SMILES string of the molecule is CC(C)C(=O)NC1CCc2c(c3cc(C4=CC=CNN4)ccc3n2Cc2cccc(F)c2)C1. The van der Waals surface area contributed by atoms with Gasteiger partial charge in [0.05, 0.1) is 5.70 Å². The lowest BCUT2D eigenvalue weighted by molar-refractivity contribution is -0.124. The van der Waals surface area contributed by atoms with E-state index < -0.39 is 0 Å². The standard InChI is InChI=1S/C27H29FN4O/c1-17(2)27(33)30-21-9-11-26-23(15-21)22-14-19(24-7-4-12-29-31-24)8-10-25(22)32(26)16-18-5-3-6-20(28)13-18/h3-8,10,12-14,17,21,29,31H,9,11,15-16H2,1-2H3,(H,30,33). The Kier molecular flexibility index (Phi) is 5.67. The summed E-state index contributed by atoms with van der Waals surface area (Å²) < 4.78 is 16.2. The van der Waals surface area contributed by atoms with Crippen LogP contribution in [0.5, 0.6) is 0 Å². The van der Waals surface area contributed by atoms with E-state index in [0.29, 0.717) is 6.54 Å². The Morgan fingerprint density at radius 2 is 2.12 bits per heavy atom. The number of hydrogen-bond acceptors (Lipinski definition) is 3. The Bertz CT molecular complexity index is 1270. The van der Waals surface area contributed by atoms with Gasteiger partial charge in [-0.05, 0) is 66.8 Å². The van der Waals surface area contributed by atoms with Crippen LogP contribution in [0, 0.1) is 11.7 Å². The molecule has 2 aliphatic rings. The zero-order chi connectivity index (χ0) is 22.9. The van der Waals surface area contributed by atoms with Crippen LogP contribution in [0.3, 0.4) is 0 Å². The normalized spacial score (nSPS) is 17.3. The largest absolute Gasteiger partial charge is 0.353 e. The second-order valence-electron chi connectivity index (χ2n) is 9.19. The van der Waals surface area contributed by atoms with Crippen molar-refractivity contribution in [1.82, 2.24) is 20.7 Å². The molecular formula is C27H29FN4O. The Hall–Kier alpha value is -3.54. The number of hydrazine groups is 1. The molecule has 5 nitrogen and oxygen atoms in total. The van der Waals surface area contributed by atoms with E-state index in [1.165, 1.54) is 22.7 Å². The first kappa shape index (κ1) is 21.3. The quantitative estimate of drug-likeness (QED) is 0.546. The number of carbonyl (C=O) groups excluding carboxylic acids is 1. The van der Waals surface area contributed by atoms with Crippen LogP contribution in [0.4, 0.5) is 4.39 Å². The molecule has 6 heteroatoms. The zero-order valence-electron chi connectivity index (χ0n) is 19.0. The summed E-state index contributed by atoms with van der Waals surface area (Å²) in [6.45, 7) is 4.47. The Labute approximate surface area is 193 Å². The summed E-state index contributed by atoms with van der Waals surface area (Å²) in [7, 11) is 0. The molecule has 1 aliphatic carbocycles. The third-order valence-corrected chi connectivity index (χ3v) is 6.53. The van der Waals surface area contributed by atoms with Crippen molar-refractivity contribution in [3.05, 3.63) is 89.0 Å². The highest BCUT2D eigenvalue weighted by atomic mass is 19.1. The number of carbonyl (C=O) groups is 1. The minimum absolute atomic E-state index is 0.0304. The number of nitrogens with zero attached hydrogens (tertiary/aromatic N) is 1. The van der Waals surface area contributed by atoms with Gasteiger partial charge < -0.3 is 20.7 Å². The number of aromatic nitrogens is 1. The molecule has 1 amide bonds. The van der Waals surface area contributed by atoms with E-state index in [-0.39, 0.29) is 23.7 Å². The van der Waals surface area contributed by atoms with Crippen LogP contribution in [0.1, 0.15) is 42.7 Å². The molecule has 3 N–H and O–H groups in total. The first-order chi connectivity index (χ1) is 16.0. The summed E-state index contributed by atoms with van der Waals surface area (Å²) in [5.74, 6) is -0.147. The highest BCUT2D eigenvalue weighted by Gasteiger charge is 2.27. The topological polar surface area (TPSA) is 58.1 Å². The third-order valence-electron chi connectivity index (χ3n) is 6.53. The molecule has 2 aromatic carbocycles. The van der Waals surface area contributed by atoms with Gasteiger partial charge in [0.25, 0.3) is 0 Å². The number of allylic oxidation sites excluding steroid dienone is 2. The van der Waals surface area contributed by atoms with Crippen molar-refractivity contribution in [2.45, 2.75) is 45.7 Å². The number of hydrogen-bond donors (Lipinski definition) is 3. The lowest BCUT2D eigenvalue weighted by atomic mass is 9.90. The van der Waals surface area contributed by atoms with E-state index >= 15 is 0 Å². The van der Waals surface area contributed by atoms with Crippen LogP contribution in [-0.2, 0) is 24.2 Å². The summed E-state index contributed by atoms with van der Waals surface area (Å²) in [5.41, 5.74) is 13.0. The lowest BCUT2D eigenvalue weighted by Gasteiger charge is -2.26. The van der Waals surface area contributed by atoms with Gasteiger partial charge in [-0.3, -0.25) is 4.79 Å². The molecule has 0 bridgehead atoms. The molecule has 0 saturated carbocycles. The molecule has 170 valence electrons. The zero-order valence-corrected chi connectivity index (χ0v) is 19.0. The number of fused-ring (bicyclic) bond motifs is 3. The van der Waals surface area contributed by atoms with Crippen molar-refractivity contribution >= 4 is 22.5 Å². The summed E-state index contributed by atoms with van der Waals surface area (Å²) in [6.07, 6.45) is 8.44. The maximum Gasteiger partial charge on any atom is 0.222 e. The van der Waals surface area contributed by atoms with Crippen LogP contribution in [0.2, 0.25) is 0 Å². The lowest BCUT2D eigenvalue weighted by Crippen LogP contribution is -2.41. The van der Waals surface area contributed by atoms with Crippen LogP contribution in [0.25, 0.3) is 16.6 Å². The van der Waals surface area contributed by atoms with Crippen molar-refractivity contribution in [1.29, 1.82) is 0 Å². The molecule has 1 aliphatic heterocycles. The molecule has 1 aromatic heterocycles. The average molecular weight is 445 g/mol. The maximum absolute atomic E-state index is 13.9. The van der Waals surface area contributed by atoms with Crippen LogP contribution >= 0.6 is 0 Å². The van der Waals surface area contributed by atoms with Crippen molar-refractivity contribution in [2.24, 2.45) is 5.92 Å². The number of benzene rings is 2. The molecule has 0 radical (unpaired) electrons. The van der Waals surface area contributed by atoms with E-state index in [4.69, 9.17) is 0 Å². The van der Waals surface area contributed by atoms with E-state index in [9.17, 15) is 9.18 Å². The average Bonchev–Trinajstić information content (AvgIpc) is 3.12. The fraction of sp³-hybridized carbons (Fsp3) is 0.296. The second kappa shape index (κ2) is 8.77. The molecule has 0 fully saturated rings. The minimum Gasteiger partial charge on any atom is -0.353 e. The first-order valence-electron chi connectivity index (χ1n) is 11.6. The Balaban J connectivity index is 1.58. The maximum atomic E-state index is 13.9. The second-order valence-corrected chi connectivity index (χ2v) is 9.19. The fourth-order valence-corrected chi connectivity index (χ4v) is 4.83. The number of amides is 1. The van der Waals surface area contributed by atoms with Crippen molar-refractivity contribution in [3.8, 4) is 0 Å². The van der Waals surface area contributed by atoms with E-state index in [0.717, 1.165) is 41.6 Å². The van der Waals surface area contributed by atoms with E-state index in [2.05, 4.69) is 38.9 Å². The molecule has 1 atom stereocenters. The van der Waals surface area contributed by atoms with Crippen molar-refractivity contribution < 1.29 is 9.18 Å². The van der Waals surface area contributed by atoms with Gasteiger partial charge in [-0.1, -0.05) is 32.0 Å². The smallest absolute Gasteiger partial charge is 0.222 e. The summed E-state index contributed by atoms with van der Waals surface area (Å²) in [5, 5.41) is 4.42. The van der Waals surface area contributed by atoms with Crippen LogP contribution in [0.15, 0.2) is 60.8 Å². The minimum atomic E-state index is -0.215. The number of nitrogens with one attached hydrogen (secondary N) is 3. The summed E-state index contributed by atoms with van der Waals surface area (Å²) >= 11 is 0. The predicted octanol–water partition coefficient (Wildman–Crippen LogP) is 4.42. The molecular weight excluding hydrogens is 415 g/mol. The van der Waals surface area contributed by atoms with Gasteiger partial charge in [-0.15, -0.1) is 0 Å². The highest BCUT2D eigenvalue weighted by Crippen LogP contribution is 2.35. The third kappa shape index (κ3) is 4.25. The first-order valence-corrected chi connectivity index (χ1v) is 11.6. The van der Waals surface area contributed by atoms with Crippen LogP contribution < -0.4 is 16.2 Å². The molecule has 2 heterocycles. The van der Waals surface area contributed by atoms with Crippen LogP contribution in [-0.4, -0.2) is 16.5 Å². The number of rotatable bonds is 5. The van der Waals surface area contributed by atoms with E-state index in [1.54, 1.807) is 12.1 Å².